The van der Waals surface area contributed by atoms with Gasteiger partial charge in [-0.15, -0.1) is 0 Å². The van der Waals surface area contributed by atoms with Gasteiger partial charge in [0.2, 0.25) is 0 Å². The zero-order chi connectivity index (χ0) is 31.4. The number of aromatic nitrogens is 8. The molecule has 10 heteroatoms. The maximum absolute atomic E-state index is 13.8. The lowest BCUT2D eigenvalue weighted by Crippen LogP contribution is -1.99. The van der Waals surface area contributed by atoms with E-state index in [-0.39, 0.29) is 11.6 Å². The van der Waals surface area contributed by atoms with Crippen molar-refractivity contribution < 1.29 is 8.78 Å². The van der Waals surface area contributed by atoms with E-state index in [0.717, 1.165) is 78.7 Å². The number of hydrogen-bond acceptors (Lipinski definition) is 6. The summed E-state index contributed by atoms with van der Waals surface area (Å²) < 4.78 is 31.5. The Morgan fingerprint density at radius 3 is 1.58 bits per heavy atom. The van der Waals surface area contributed by atoms with E-state index in [4.69, 9.17) is 4.98 Å². The van der Waals surface area contributed by atoms with Gasteiger partial charge in [0.1, 0.15) is 23.3 Å². The molecular formula is C35H28F2N8. The van der Waals surface area contributed by atoms with Crippen LogP contribution in [0.15, 0.2) is 79.4 Å². The van der Waals surface area contributed by atoms with Gasteiger partial charge in [-0.05, 0) is 82.6 Å². The zero-order valence-electron chi connectivity index (χ0n) is 25.3. The van der Waals surface area contributed by atoms with E-state index in [2.05, 4.69) is 24.9 Å². The fourth-order valence-corrected chi connectivity index (χ4v) is 5.98. The van der Waals surface area contributed by atoms with Crippen LogP contribution in [0.1, 0.15) is 28.3 Å². The predicted octanol–water partition coefficient (Wildman–Crippen LogP) is 7.71. The number of aryl methyl sites for hydroxylation is 5. The highest BCUT2D eigenvalue weighted by Gasteiger charge is 2.18. The summed E-state index contributed by atoms with van der Waals surface area (Å²) in [5.74, 6) is 0.995. The number of halogens is 2. The van der Waals surface area contributed by atoms with Crippen LogP contribution in [0.2, 0.25) is 0 Å². The predicted molar refractivity (Wildman–Crippen MR) is 171 cm³/mol. The average Bonchev–Trinajstić information content (AvgIpc) is 3.57. The highest BCUT2D eigenvalue weighted by molar-refractivity contribution is 5.85. The van der Waals surface area contributed by atoms with E-state index < -0.39 is 0 Å². The molecule has 0 radical (unpaired) electrons. The smallest absolute Gasteiger partial charge is 0.145 e. The van der Waals surface area contributed by atoms with Gasteiger partial charge in [0.05, 0.1) is 55.9 Å². The van der Waals surface area contributed by atoms with Crippen molar-refractivity contribution in [2.45, 2.75) is 34.6 Å². The molecule has 45 heavy (non-hydrogen) atoms. The van der Waals surface area contributed by atoms with Crippen molar-refractivity contribution >= 4 is 33.1 Å². The number of pyridine rings is 2. The molecule has 0 unspecified atom stereocenters. The van der Waals surface area contributed by atoms with Crippen LogP contribution >= 0.6 is 0 Å². The maximum Gasteiger partial charge on any atom is 0.145 e. The second-order valence-electron chi connectivity index (χ2n) is 11.0. The Labute approximate surface area is 257 Å². The molecule has 0 aliphatic heterocycles. The van der Waals surface area contributed by atoms with Gasteiger partial charge in [0, 0.05) is 48.0 Å². The molecule has 0 bridgehead atoms. The molecule has 0 aliphatic carbocycles. The third-order valence-electron chi connectivity index (χ3n) is 7.92. The summed E-state index contributed by atoms with van der Waals surface area (Å²) >= 11 is 0. The lowest BCUT2D eigenvalue weighted by Gasteiger charge is -2.09. The van der Waals surface area contributed by atoms with Crippen LogP contribution in [-0.2, 0) is 0 Å². The highest BCUT2D eigenvalue weighted by Crippen LogP contribution is 2.31. The summed E-state index contributed by atoms with van der Waals surface area (Å²) in [5.41, 5.74) is 11.3. The Kier molecular flexibility index (Phi) is 6.77. The Bertz CT molecular complexity index is 2410. The van der Waals surface area contributed by atoms with Crippen LogP contribution in [0.5, 0.6) is 0 Å². The first-order chi connectivity index (χ1) is 21.7. The number of hydrogen-bond donors (Lipinski definition) is 0. The minimum absolute atomic E-state index is 0.284. The number of rotatable bonds is 2. The summed E-state index contributed by atoms with van der Waals surface area (Å²) in [6, 6.07) is 15.0. The zero-order valence-corrected chi connectivity index (χ0v) is 25.3. The first kappa shape index (κ1) is 28.1. The lowest BCUT2D eigenvalue weighted by atomic mass is 10.1. The number of fused-ring (bicyclic) bond motifs is 6. The van der Waals surface area contributed by atoms with Gasteiger partial charge >= 0.3 is 0 Å². The van der Waals surface area contributed by atoms with Crippen molar-refractivity contribution in [2.75, 3.05) is 0 Å². The molecule has 0 atom stereocenters. The van der Waals surface area contributed by atoms with Gasteiger partial charge in [-0.3, -0.25) is 18.8 Å². The maximum atomic E-state index is 13.8. The number of imidazole rings is 2. The van der Waals surface area contributed by atoms with Crippen LogP contribution in [0.3, 0.4) is 0 Å². The molecule has 8 rings (SSSR count). The van der Waals surface area contributed by atoms with Crippen LogP contribution in [0, 0.1) is 46.3 Å². The topological polar surface area (TPSA) is 86.2 Å². The number of nitrogens with zero attached hydrogens (tertiary/aromatic N) is 8. The molecule has 222 valence electrons. The summed E-state index contributed by atoms with van der Waals surface area (Å²) in [4.78, 5) is 26.8. The molecule has 8 nitrogen and oxygen atoms in total. The monoisotopic (exact) mass is 598 g/mol. The van der Waals surface area contributed by atoms with E-state index in [1.165, 1.54) is 24.3 Å². The molecule has 2 aromatic carbocycles. The summed E-state index contributed by atoms with van der Waals surface area (Å²) in [6.45, 7) is 9.80. The second-order valence-corrected chi connectivity index (χ2v) is 11.0. The van der Waals surface area contributed by atoms with Gasteiger partial charge in [0.15, 0.2) is 0 Å². The van der Waals surface area contributed by atoms with Gasteiger partial charge in [0.25, 0.3) is 0 Å². The van der Waals surface area contributed by atoms with E-state index in [0.29, 0.717) is 5.52 Å². The van der Waals surface area contributed by atoms with E-state index in [9.17, 15) is 8.78 Å². The molecule has 6 heterocycles. The first-order valence-corrected chi connectivity index (χ1v) is 14.4. The average molecular weight is 599 g/mol. The van der Waals surface area contributed by atoms with Crippen molar-refractivity contribution in [1.29, 1.82) is 0 Å². The second kappa shape index (κ2) is 10.8. The minimum atomic E-state index is -0.286. The molecule has 0 fully saturated rings. The third kappa shape index (κ3) is 4.75. The molecular weight excluding hydrogens is 570 g/mol. The van der Waals surface area contributed by atoms with Crippen molar-refractivity contribution in [1.82, 2.24) is 38.7 Å². The summed E-state index contributed by atoms with van der Waals surface area (Å²) in [6.07, 6.45) is 7.00. The van der Waals surface area contributed by atoms with Crippen LogP contribution < -0.4 is 0 Å². The van der Waals surface area contributed by atoms with Gasteiger partial charge in [-0.25, -0.2) is 28.7 Å². The van der Waals surface area contributed by atoms with Gasteiger partial charge < -0.3 is 0 Å². The molecule has 0 saturated carbocycles. The standard InChI is InChI=1S/C18H15FN4.C17H13FN4/c1-10-9-20-7-6-14(10)18-22-12(3)17-11(2)21-15-5-4-13(19)8-16(15)23(17)18;1-10-16-11(2)21-17(12-5-7-19-8-6-12)22(16)15-9-13(18)3-4-14(15)20-10/h4-9H,1-3H3;3-9H,1-2H3. The Balaban J connectivity index is 0.000000145. The van der Waals surface area contributed by atoms with E-state index in [1.54, 1.807) is 30.7 Å². The SMILES string of the molecule is Cc1cnccc1-c1nc(C)c2c(C)nc3ccc(F)cc3n12.Cc1nc(-c2ccncc2)n2c1c(C)nc1ccc(F)cc12. The van der Waals surface area contributed by atoms with Gasteiger partial charge in [-0.2, -0.15) is 0 Å². The first-order valence-electron chi connectivity index (χ1n) is 14.4. The molecule has 0 N–H and O–H groups in total. The lowest BCUT2D eigenvalue weighted by molar-refractivity contribution is 0.628. The van der Waals surface area contributed by atoms with Crippen molar-refractivity contribution in [3.05, 3.63) is 119 Å². The summed E-state index contributed by atoms with van der Waals surface area (Å²) in [5, 5.41) is 0. The Morgan fingerprint density at radius 1 is 0.533 bits per heavy atom. The molecule has 0 spiro atoms. The quantitative estimate of drug-likeness (QED) is 0.203. The van der Waals surface area contributed by atoms with Crippen LogP contribution in [-0.4, -0.2) is 38.7 Å². The van der Waals surface area contributed by atoms with Crippen molar-refractivity contribution in [3.63, 3.8) is 0 Å². The normalized spacial score (nSPS) is 11.4. The molecule has 8 aromatic rings. The highest BCUT2D eigenvalue weighted by atomic mass is 19.1. The summed E-state index contributed by atoms with van der Waals surface area (Å²) in [7, 11) is 0. The molecule has 0 saturated heterocycles. The fraction of sp³-hybridized carbons (Fsp3) is 0.143. The van der Waals surface area contributed by atoms with Crippen molar-refractivity contribution in [3.8, 4) is 22.8 Å². The van der Waals surface area contributed by atoms with Crippen LogP contribution in [0.25, 0.3) is 55.9 Å². The minimum Gasteiger partial charge on any atom is -0.289 e. The molecule has 0 aliphatic rings. The van der Waals surface area contributed by atoms with Gasteiger partial charge in [-0.1, -0.05) is 0 Å². The third-order valence-corrected chi connectivity index (χ3v) is 7.92. The number of benzene rings is 2. The van der Waals surface area contributed by atoms with E-state index >= 15 is 0 Å². The largest absolute Gasteiger partial charge is 0.289 e. The fourth-order valence-electron chi connectivity index (χ4n) is 5.98. The molecule has 6 aromatic heterocycles. The van der Waals surface area contributed by atoms with Crippen molar-refractivity contribution in [2.24, 2.45) is 0 Å². The molecule has 0 amide bonds. The van der Waals surface area contributed by atoms with Crippen LogP contribution in [0.4, 0.5) is 8.78 Å². The Morgan fingerprint density at radius 2 is 1.02 bits per heavy atom. The van der Waals surface area contributed by atoms with E-state index in [1.807, 2.05) is 67.8 Å². The Hall–Kier alpha value is -5.64.